The van der Waals surface area contributed by atoms with Crippen LogP contribution in [-0.4, -0.2) is 43.2 Å². The second-order valence-electron chi connectivity index (χ2n) is 8.13. The number of amides is 1. The van der Waals surface area contributed by atoms with E-state index in [1.165, 1.54) is 11.8 Å². The predicted octanol–water partition coefficient (Wildman–Crippen LogP) is 5.40. The molecule has 172 valence electrons. The summed E-state index contributed by atoms with van der Waals surface area (Å²) in [6, 6.07) is 22.3. The smallest absolute Gasteiger partial charge is 0.237 e. The molecular formula is C26H25N5OS2. The van der Waals surface area contributed by atoms with Gasteiger partial charge in [0.15, 0.2) is 11.0 Å². The van der Waals surface area contributed by atoms with Crippen LogP contribution in [0.2, 0.25) is 0 Å². The van der Waals surface area contributed by atoms with Crippen molar-refractivity contribution in [3.63, 3.8) is 0 Å². The van der Waals surface area contributed by atoms with E-state index in [-0.39, 0.29) is 5.91 Å². The maximum Gasteiger partial charge on any atom is 0.237 e. The molecule has 0 bridgehead atoms. The quantitative estimate of drug-likeness (QED) is 0.340. The van der Waals surface area contributed by atoms with Crippen molar-refractivity contribution in [1.82, 2.24) is 19.7 Å². The van der Waals surface area contributed by atoms with Crippen molar-refractivity contribution in [3.05, 3.63) is 84.7 Å². The lowest BCUT2D eigenvalue weighted by Crippen LogP contribution is -2.33. The molecule has 0 saturated heterocycles. The second-order valence-corrected chi connectivity index (χ2v) is 10.6. The molecule has 1 atom stereocenters. The fourth-order valence-electron chi connectivity index (χ4n) is 3.97. The number of thioether (sulfide) groups is 2. The van der Waals surface area contributed by atoms with Gasteiger partial charge in [-0.2, -0.15) is 0 Å². The Labute approximate surface area is 207 Å². The Kier molecular flexibility index (Phi) is 6.97. The zero-order chi connectivity index (χ0) is 23.3. The number of pyridine rings is 1. The lowest BCUT2D eigenvalue weighted by Gasteiger charge is -2.22. The number of benzene rings is 2. The lowest BCUT2D eigenvalue weighted by atomic mass is 10.2. The highest BCUT2D eigenvalue weighted by Gasteiger charge is 2.25. The molecule has 0 spiro atoms. The van der Waals surface area contributed by atoms with Crippen LogP contribution in [-0.2, 0) is 11.3 Å². The average Bonchev–Trinajstić information content (AvgIpc) is 3.18. The van der Waals surface area contributed by atoms with Gasteiger partial charge in [-0.05, 0) is 36.2 Å². The highest BCUT2D eigenvalue weighted by atomic mass is 32.2. The molecule has 3 heterocycles. The normalized spacial score (nSPS) is 15.6. The zero-order valence-corrected chi connectivity index (χ0v) is 20.5. The van der Waals surface area contributed by atoms with E-state index in [1.807, 2.05) is 65.2 Å². The number of carbonyl (C=O) groups is 1. The van der Waals surface area contributed by atoms with Gasteiger partial charge in [0.2, 0.25) is 5.91 Å². The summed E-state index contributed by atoms with van der Waals surface area (Å²) in [5.41, 5.74) is 3.10. The average molecular weight is 488 g/mol. The van der Waals surface area contributed by atoms with Crippen LogP contribution in [0.3, 0.4) is 0 Å². The van der Waals surface area contributed by atoms with Gasteiger partial charge in [0.05, 0.1) is 18.0 Å². The molecule has 6 nitrogen and oxygen atoms in total. The topological polar surface area (TPSA) is 63.9 Å². The fraction of sp³-hybridized carbons (Fsp3) is 0.231. The van der Waals surface area contributed by atoms with E-state index >= 15 is 0 Å². The highest BCUT2D eigenvalue weighted by molar-refractivity contribution is 8.00. The van der Waals surface area contributed by atoms with E-state index in [0.717, 1.165) is 45.7 Å². The number of aromatic nitrogens is 4. The number of rotatable bonds is 6. The van der Waals surface area contributed by atoms with Crippen LogP contribution in [0.4, 0.5) is 5.69 Å². The van der Waals surface area contributed by atoms with Gasteiger partial charge in [0.1, 0.15) is 0 Å². The summed E-state index contributed by atoms with van der Waals surface area (Å²) in [6.45, 7) is 3.57. The van der Waals surface area contributed by atoms with Gasteiger partial charge in [0, 0.05) is 34.6 Å². The monoisotopic (exact) mass is 487 g/mol. The Morgan fingerprint density at radius 3 is 2.62 bits per heavy atom. The number of anilines is 1. The summed E-state index contributed by atoms with van der Waals surface area (Å²) < 4.78 is 2.08. The van der Waals surface area contributed by atoms with Gasteiger partial charge in [-0.25, -0.2) is 0 Å². The van der Waals surface area contributed by atoms with E-state index < -0.39 is 0 Å². The summed E-state index contributed by atoms with van der Waals surface area (Å²) in [7, 11) is 0. The van der Waals surface area contributed by atoms with Crippen molar-refractivity contribution in [2.45, 2.75) is 35.2 Å². The molecule has 34 heavy (non-hydrogen) atoms. The van der Waals surface area contributed by atoms with Crippen LogP contribution in [0.5, 0.6) is 0 Å². The molecule has 0 fully saturated rings. The van der Waals surface area contributed by atoms with E-state index in [2.05, 4.69) is 44.9 Å². The minimum atomic E-state index is 0.0897. The molecule has 1 amide bonds. The number of hydrogen-bond acceptors (Lipinski definition) is 6. The third-order valence-electron chi connectivity index (χ3n) is 5.71. The van der Waals surface area contributed by atoms with Gasteiger partial charge >= 0.3 is 0 Å². The molecule has 0 unspecified atom stereocenters. The molecule has 4 aromatic rings. The molecule has 0 aliphatic carbocycles. The number of para-hydroxylation sites is 1. The van der Waals surface area contributed by atoms with Crippen molar-refractivity contribution >= 4 is 35.1 Å². The van der Waals surface area contributed by atoms with Crippen molar-refractivity contribution in [2.24, 2.45) is 0 Å². The summed E-state index contributed by atoms with van der Waals surface area (Å²) in [6.07, 6.45) is 4.47. The molecule has 0 saturated carbocycles. The summed E-state index contributed by atoms with van der Waals surface area (Å²) >= 11 is 3.28. The first kappa shape index (κ1) is 22.7. The van der Waals surface area contributed by atoms with Crippen molar-refractivity contribution < 1.29 is 4.79 Å². The molecule has 1 aliphatic heterocycles. The van der Waals surface area contributed by atoms with E-state index in [1.54, 1.807) is 12.4 Å². The minimum absolute atomic E-state index is 0.0897. The van der Waals surface area contributed by atoms with Gasteiger partial charge < -0.3 is 4.90 Å². The third-order valence-corrected chi connectivity index (χ3v) is 7.90. The first-order valence-corrected chi connectivity index (χ1v) is 13.1. The lowest BCUT2D eigenvalue weighted by molar-refractivity contribution is -0.116. The zero-order valence-electron chi connectivity index (χ0n) is 18.9. The molecule has 1 aliphatic rings. The van der Waals surface area contributed by atoms with Gasteiger partial charge in [0.25, 0.3) is 0 Å². The predicted molar refractivity (Wildman–Crippen MR) is 138 cm³/mol. The van der Waals surface area contributed by atoms with Crippen LogP contribution in [0.1, 0.15) is 18.9 Å². The van der Waals surface area contributed by atoms with E-state index in [9.17, 15) is 4.79 Å². The largest absolute Gasteiger partial charge is 0.311 e. The van der Waals surface area contributed by atoms with Crippen LogP contribution in [0.15, 0.2) is 89.2 Å². The summed E-state index contributed by atoms with van der Waals surface area (Å²) in [4.78, 5) is 20.6. The Hall–Kier alpha value is -3.10. The maximum absolute atomic E-state index is 13.4. The first-order valence-electron chi connectivity index (χ1n) is 11.3. The number of hydrogen-bond donors (Lipinski definition) is 0. The van der Waals surface area contributed by atoms with Crippen molar-refractivity contribution in [3.8, 4) is 11.4 Å². The molecule has 0 N–H and O–H groups in total. The molecule has 2 aromatic heterocycles. The molecular weight excluding hydrogens is 462 g/mol. The molecule has 0 radical (unpaired) electrons. The third kappa shape index (κ3) is 5.03. The highest BCUT2D eigenvalue weighted by Crippen LogP contribution is 2.37. The Bertz CT molecular complexity index is 1260. The Balaban J connectivity index is 1.39. The molecule has 5 rings (SSSR count). The number of fused-ring (bicyclic) bond motifs is 1. The van der Waals surface area contributed by atoms with E-state index in [4.69, 9.17) is 0 Å². The van der Waals surface area contributed by atoms with Crippen LogP contribution < -0.4 is 4.90 Å². The van der Waals surface area contributed by atoms with Gasteiger partial charge in [-0.3, -0.25) is 14.3 Å². The second kappa shape index (κ2) is 10.4. The van der Waals surface area contributed by atoms with Crippen molar-refractivity contribution in [2.75, 3.05) is 17.2 Å². The maximum atomic E-state index is 13.4. The molecule has 2 aromatic carbocycles. The van der Waals surface area contributed by atoms with Gasteiger partial charge in [-0.1, -0.05) is 61.2 Å². The SMILES string of the molecule is C[C@@H]1CCN(C(=O)CSc2nnc(-c3ccncc3)n2Cc2ccccc2)c2ccccc2S1. The van der Waals surface area contributed by atoms with E-state index in [0.29, 0.717) is 17.5 Å². The van der Waals surface area contributed by atoms with Crippen LogP contribution in [0, 0.1) is 0 Å². The summed E-state index contributed by atoms with van der Waals surface area (Å²) in [5, 5.41) is 10.1. The number of nitrogens with zero attached hydrogens (tertiary/aromatic N) is 5. The minimum Gasteiger partial charge on any atom is -0.311 e. The first-order chi connectivity index (χ1) is 16.7. The standard InChI is InChI=1S/C26H25N5OS2/c1-19-13-16-30(22-9-5-6-10-23(22)34-19)24(32)18-33-26-29-28-25(21-11-14-27-15-12-21)31(26)17-20-7-3-2-4-8-20/h2-12,14-15,19H,13,16-18H2,1H3/t19-/m1/s1. The van der Waals surface area contributed by atoms with Crippen LogP contribution in [0.25, 0.3) is 11.4 Å². The Morgan fingerprint density at radius 1 is 1.03 bits per heavy atom. The Morgan fingerprint density at radius 2 is 1.79 bits per heavy atom. The fourth-order valence-corrected chi connectivity index (χ4v) is 5.90. The summed E-state index contributed by atoms with van der Waals surface area (Å²) in [5.74, 6) is 1.16. The van der Waals surface area contributed by atoms with Crippen molar-refractivity contribution in [1.29, 1.82) is 0 Å². The number of carbonyl (C=O) groups excluding carboxylic acids is 1. The molecule has 8 heteroatoms. The van der Waals surface area contributed by atoms with Gasteiger partial charge in [-0.15, -0.1) is 22.0 Å². The van der Waals surface area contributed by atoms with Crippen LogP contribution >= 0.6 is 23.5 Å².